The molecule has 2 amide bonds. The highest BCUT2D eigenvalue weighted by molar-refractivity contribution is 7.99. The van der Waals surface area contributed by atoms with E-state index in [1.54, 1.807) is 0 Å². The normalized spacial score (nSPS) is 10.1. The second-order valence-electron chi connectivity index (χ2n) is 2.94. The van der Waals surface area contributed by atoms with Crippen LogP contribution in [0.25, 0.3) is 0 Å². The molecular weight excluding hydrogens is 268 g/mol. The van der Waals surface area contributed by atoms with E-state index < -0.39 is 5.91 Å². The molecule has 0 aliphatic carbocycles. The van der Waals surface area contributed by atoms with Crippen LogP contribution >= 0.6 is 34.7 Å². The molecule has 0 aromatic carbocycles. The van der Waals surface area contributed by atoms with Crippen LogP contribution in [-0.2, 0) is 15.3 Å². The number of nitrogens with two attached hydrogens (primary N) is 1. The molecule has 16 heavy (non-hydrogen) atoms. The van der Waals surface area contributed by atoms with E-state index in [2.05, 4.69) is 5.32 Å². The molecule has 3 N–H and O–H groups in total. The zero-order chi connectivity index (χ0) is 12.0. The van der Waals surface area contributed by atoms with Gasteiger partial charge in [-0.2, -0.15) is 0 Å². The summed E-state index contributed by atoms with van der Waals surface area (Å²) in [5.74, 6) is 0.319. The molecule has 1 aromatic rings. The van der Waals surface area contributed by atoms with Crippen LogP contribution in [0.15, 0.2) is 12.1 Å². The molecule has 0 aliphatic rings. The number of hydrogen-bond acceptors (Lipinski definition) is 4. The van der Waals surface area contributed by atoms with Crippen molar-refractivity contribution in [2.45, 2.75) is 5.75 Å². The third-order valence-corrected chi connectivity index (χ3v) is 3.96. The molecule has 0 saturated heterocycles. The molecule has 0 fully saturated rings. The average Bonchev–Trinajstić information content (AvgIpc) is 2.61. The van der Waals surface area contributed by atoms with E-state index in [4.69, 9.17) is 17.3 Å². The number of thiophene rings is 1. The summed E-state index contributed by atoms with van der Waals surface area (Å²) in [5, 5.41) is 2.42. The Morgan fingerprint density at radius 2 is 2.25 bits per heavy atom. The highest BCUT2D eigenvalue weighted by Crippen LogP contribution is 2.24. The Morgan fingerprint density at radius 3 is 2.81 bits per heavy atom. The lowest BCUT2D eigenvalue weighted by Crippen LogP contribution is -2.34. The van der Waals surface area contributed by atoms with Gasteiger partial charge in [0.25, 0.3) is 0 Å². The van der Waals surface area contributed by atoms with Gasteiger partial charge in [0, 0.05) is 10.6 Å². The first kappa shape index (κ1) is 13.3. The molecule has 1 heterocycles. The van der Waals surface area contributed by atoms with Crippen LogP contribution in [0.2, 0.25) is 4.34 Å². The van der Waals surface area contributed by atoms with E-state index in [0.29, 0.717) is 5.75 Å². The monoisotopic (exact) mass is 278 g/mol. The fraction of sp³-hybridized carbons (Fsp3) is 0.333. The van der Waals surface area contributed by atoms with Crippen molar-refractivity contribution in [3.8, 4) is 0 Å². The van der Waals surface area contributed by atoms with Gasteiger partial charge < -0.3 is 11.1 Å². The average molecular weight is 279 g/mol. The second-order valence-corrected chi connectivity index (χ2v) is 5.73. The molecule has 1 aromatic heterocycles. The maximum atomic E-state index is 11.2. The summed E-state index contributed by atoms with van der Waals surface area (Å²) in [7, 11) is 0. The van der Waals surface area contributed by atoms with E-state index in [1.807, 2.05) is 12.1 Å². The van der Waals surface area contributed by atoms with Crippen LogP contribution in [0.4, 0.5) is 0 Å². The first-order chi connectivity index (χ1) is 7.58. The lowest BCUT2D eigenvalue weighted by atomic mass is 10.5. The lowest BCUT2D eigenvalue weighted by molar-refractivity contribution is -0.123. The van der Waals surface area contributed by atoms with Gasteiger partial charge in [0.05, 0.1) is 16.6 Å². The maximum Gasteiger partial charge on any atom is 0.236 e. The number of amides is 2. The number of primary amides is 1. The van der Waals surface area contributed by atoms with Gasteiger partial charge in [0.1, 0.15) is 0 Å². The molecule has 0 radical (unpaired) electrons. The molecule has 88 valence electrons. The number of carbonyl (C=O) groups is 2. The van der Waals surface area contributed by atoms with Gasteiger partial charge in [-0.15, -0.1) is 23.1 Å². The molecular formula is C9H11ClN2O2S2. The van der Waals surface area contributed by atoms with Gasteiger partial charge in [-0.1, -0.05) is 11.6 Å². The fourth-order valence-corrected chi connectivity index (χ4v) is 2.97. The first-order valence-corrected chi connectivity index (χ1v) is 6.80. The SMILES string of the molecule is NC(=O)CNC(=O)CSCc1ccc(Cl)s1. The minimum atomic E-state index is -0.539. The van der Waals surface area contributed by atoms with Crippen molar-refractivity contribution in [1.82, 2.24) is 5.32 Å². The fourth-order valence-electron chi connectivity index (χ4n) is 0.910. The Hall–Kier alpha value is -0.720. The molecule has 0 unspecified atom stereocenters. The highest BCUT2D eigenvalue weighted by atomic mass is 35.5. The zero-order valence-corrected chi connectivity index (χ0v) is 10.8. The van der Waals surface area contributed by atoms with Crippen molar-refractivity contribution in [1.29, 1.82) is 0 Å². The molecule has 0 aliphatic heterocycles. The minimum absolute atomic E-state index is 0.107. The predicted molar refractivity (Wildman–Crippen MR) is 67.7 cm³/mol. The Labute approximate surface area is 107 Å². The van der Waals surface area contributed by atoms with Gasteiger partial charge in [-0.3, -0.25) is 9.59 Å². The Bertz CT molecular complexity index is 381. The van der Waals surface area contributed by atoms with Crippen molar-refractivity contribution in [3.63, 3.8) is 0 Å². The Morgan fingerprint density at radius 1 is 1.50 bits per heavy atom. The number of halogens is 1. The minimum Gasteiger partial charge on any atom is -0.368 e. The van der Waals surface area contributed by atoms with E-state index >= 15 is 0 Å². The van der Waals surface area contributed by atoms with Crippen molar-refractivity contribution in [2.75, 3.05) is 12.3 Å². The standard InChI is InChI=1S/C9H11ClN2O2S2/c10-7-2-1-6(16-7)4-15-5-9(14)12-3-8(11)13/h1-2H,3-5H2,(H2,11,13)(H,12,14). The lowest BCUT2D eigenvalue weighted by Gasteiger charge is -2.01. The van der Waals surface area contributed by atoms with Crippen molar-refractivity contribution in [3.05, 3.63) is 21.3 Å². The molecule has 0 atom stereocenters. The van der Waals surface area contributed by atoms with E-state index in [-0.39, 0.29) is 12.5 Å². The number of thioether (sulfide) groups is 1. The van der Waals surface area contributed by atoms with E-state index in [0.717, 1.165) is 15.0 Å². The molecule has 0 spiro atoms. The summed E-state index contributed by atoms with van der Waals surface area (Å²) >= 11 is 8.73. The van der Waals surface area contributed by atoms with Gasteiger partial charge in [0.15, 0.2) is 0 Å². The maximum absolute atomic E-state index is 11.2. The number of rotatable bonds is 6. The van der Waals surface area contributed by atoms with Crippen LogP contribution < -0.4 is 11.1 Å². The summed E-state index contributed by atoms with van der Waals surface area (Å²) in [5.41, 5.74) is 4.89. The van der Waals surface area contributed by atoms with Gasteiger partial charge in [-0.25, -0.2) is 0 Å². The smallest absolute Gasteiger partial charge is 0.236 e. The van der Waals surface area contributed by atoms with Crippen LogP contribution in [0, 0.1) is 0 Å². The Kier molecular flexibility index (Phi) is 5.65. The van der Waals surface area contributed by atoms with Gasteiger partial charge in [0.2, 0.25) is 11.8 Å². The van der Waals surface area contributed by atoms with E-state index in [1.165, 1.54) is 23.1 Å². The Balaban J connectivity index is 2.15. The topological polar surface area (TPSA) is 72.2 Å². The molecule has 0 saturated carbocycles. The molecule has 1 rings (SSSR count). The summed E-state index contributed by atoms with van der Waals surface area (Å²) in [6.07, 6.45) is 0. The van der Waals surface area contributed by atoms with Crippen LogP contribution in [-0.4, -0.2) is 24.1 Å². The second kappa shape index (κ2) is 6.78. The molecule has 7 heteroatoms. The van der Waals surface area contributed by atoms with E-state index in [9.17, 15) is 9.59 Å². The van der Waals surface area contributed by atoms with Crippen LogP contribution in [0.1, 0.15) is 4.88 Å². The quantitative estimate of drug-likeness (QED) is 0.822. The molecule has 0 bridgehead atoms. The predicted octanol–water partition coefficient (Wildman–Crippen LogP) is 1.24. The molecule has 4 nitrogen and oxygen atoms in total. The van der Waals surface area contributed by atoms with Gasteiger partial charge in [-0.05, 0) is 12.1 Å². The largest absolute Gasteiger partial charge is 0.368 e. The first-order valence-electron chi connectivity index (χ1n) is 4.45. The van der Waals surface area contributed by atoms with Gasteiger partial charge >= 0.3 is 0 Å². The summed E-state index contributed by atoms with van der Waals surface area (Å²) < 4.78 is 0.744. The van der Waals surface area contributed by atoms with Crippen LogP contribution in [0.5, 0.6) is 0 Å². The highest BCUT2D eigenvalue weighted by Gasteiger charge is 2.04. The third kappa shape index (κ3) is 5.39. The number of hydrogen-bond donors (Lipinski definition) is 2. The van der Waals surface area contributed by atoms with Crippen LogP contribution in [0.3, 0.4) is 0 Å². The van der Waals surface area contributed by atoms with Crippen molar-refractivity contribution >= 4 is 46.5 Å². The summed E-state index contributed by atoms with van der Waals surface area (Å²) in [4.78, 5) is 22.7. The zero-order valence-electron chi connectivity index (χ0n) is 8.36. The van der Waals surface area contributed by atoms with Crippen molar-refractivity contribution < 1.29 is 9.59 Å². The third-order valence-electron chi connectivity index (χ3n) is 1.57. The summed E-state index contributed by atoms with van der Waals surface area (Å²) in [6, 6.07) is 3.76. The number of nitrogens with one attached hydrogen (secondary N) is 1. The summed E-state index contributed by atoms with van der Waals surface area (Å²) in [6.45, 7) is -0.107. The number of carbonyl (C=O) groups excluding carboxylic acids is 2. The van der Waals surface area contributed by atoms with Crippen molar-refractivity contribution in [2.24, 2.45) is 5.73 Å².